The van der Waals surface area contributed by atoms with Gasteiger partial charge in [0.15, 0.2) is 5.13 Å². The van der Waals surface area contributed by atoms with Crippen LogP contribution in [0.1, 0.15) is 41.6 Å². The number of anilines is 1. The summed E-state index contributed by atoms with van der Waals surface area (Å²) in [4.78, 5) is 38.4. The van der Waals surface area contributed by atoms with Gasteiger partial charge in [-0.05, 0) is 38.8 Å². The lowest BCUT2D eigenvalue weighted by molar-refractivity contribution is -0.175. The Hall–Kier alpha value is -3.15. The Morgan fingerprint density at radius 3 is 2.71 bits per heavy atom. The summed E-state index contributed by atoms with van der Waals surface area (Å²) in [6.07, 6.45) is -0.288. The van der Waals surface area contributed by atoms with Gasteiger partial charge in [-0.1, -0.05) is 0 Å². The molecule has 8 nitrogen and oxygen atoms in total. The molecule has 2 aliphatic rings. The first-order chi connectivity index (χ1) is 16.6. The number of carbonyl (C=O) groups is 1. The first-order valence-corrected chi connectivity index (χ1v) is 12.3. The number of aromatic nitrogens is 4. The van der Waals surface area contributed by atoms with Crippen molar-refractivity contribution in [1.82, 2.24) is 24.0 Å². The van der Waals surface area contributed by atoms with Crippen LogP contribution in [0, 0.1) is 12.8 Å². The minimum atomic E-state index is -4.21. The van der Waals surface area contributed by atoms with Crippen LogP contribution in [0.5, 0.6) is 0 Å². The van der Waals surface area contributed by atoms with Crippen molar-refractivity contribution >= 4 is 22.4 Å². The monoisotopic (exact) mass is 506 g/mol. The number of nitrogens with zero attached hydrogens (tertiary/aromatic N) is 6. The fourth-order valence-corrected chi connectivity index (χ4v) is 5.58. The maximum atomic E-state index is 13.3. The van der Waals surface area contributed by atoms with E-state index < -0.39 is 12.1 Å². The number of aryl methyl sites for hydroxylation is 1. The van der Waals surface area contributed by atoms with E-state index in [1.165, 1.54) is 15.9 Å². The van der Waals surface area contributed by atoms with Gasteiger partial charge in [0, 0.05) is 37.3 Å². The zero-order valence-corrected chi connectivity index (χ0v) is 20.1. The number of amides is 1. The fraction of sp³-hybridized carbons (Fsp3) is 0.478. The van der Waals surface area contributed by atoms with Crippen molar-refractivity contribution in [1.29, 1.82) is 0 Å². The quantitative estimate of drug-likeness (QED) is 0.540. The van der Waals surface area contributed by atoms with Crippen LogP contribution in [0.2, 0.25) is 0 Å². The Morgan fingerprint density at radius 2 is 2.00 bits per heavy atom. The summed E-state index contributed by atoms with van der Waals surface area (Å²) in [5.41, 5.74) is 1.86. The topological polar surface area (TPSA) is 76.3 Å². The molecule has 0 aromatic carbocycles. The highest BCUT2D eigenvalue weighted by Gasteiger charge is 2.42. The van der Waals surface area contributed by atoms with Gasteiger partial charge < -0.3 is 18.9 Å². The molecule has 2 unspecified atom stereocenters. The second-order valence-corrected chi connectivity index (χ2v) is 10.0. The van der Waals surface area contributed by atoms with Crippen molar-refractivity contribution in [3.63, 3.8) is 0 Å². The predicted molar refractivity (Wildman–Crippen MR) is 125 cm³/mol. The first kappa shape index (κ1) is 23.6. The van der Waals surface area contributed by atoms with Gasteiger partial charge in [0.1, 0.15) is 11.4 Å². The summed E-state index contributed by atoms with van der Waals surface area (Å²) in [5, 5.41) is 2.33. The van der Waals surface area contributed by atoms with E-state index in [4.69, 9.17) is 0 Å². The van der Waals surface area contributed by atoms with Gasteiger partial charge >= 0.3 is 6.18 Å². The lowest BCUT2D eigenvalue weighted by atomic mass is 9.98. The van der Waals surface area contributed by atoms with Crippen LogP contribution in [0.3, 0.4) is 0 Å². The summed E-state index contributed by atoms with van der Waals surface area (Å²) < 4.78 is 42.7. The van der Waals surface area contributed by atoms with E-state index in [9.17, 15) is 22.8 Å². The van der Waals surface area contributed by atoms with Crippen LogP contribution in [0.4, 0.5) is 18.3 Å². The molecule has 0 spiro atoms. The lowest BCUT2D eigenvalue weighted by Gasteiger charge is -2.35. The second-order valence-electron chi connectivity index (χ2n) is 9.17. The van der Waals surface area contributed by atoms with E-state index in [1.54, 1.807) is 44.4 Å². The van der Waals surface area contributed by atoms with Gasteiger partial charge in [-0.15, -0.1) is 11.3 Å². The van der Waals surface area contributed by atoms with Gasteiger partial charge in [0.25, 0.3) is 11.5 Å². The number of alkyl halides is 3. The molecule has 0 aliphatic carbocycles. The van der Waals surface area contributed by atoms with Crippen LogP contribution in [0.15, 0.2) is 34.8 Å². The molecule has 0 N–H and O–H groups in total. The molecule has 5 rings (SSSR count). The van der Waals surface area contributed by atoms with Crippen LogP contribution in [-0.4, -0.2) is 55.2 Å². The second kappa shape index (κ2) is 8.81. The number of hydrogen-bond donors (Lipinski definition) is 0. The van der Waals surface area contributed by atoms with Crippen LogP contribution in [-0.2, 0) is 13.1 Å². The zero-order valence-electron chi connectivity index (χ0n) is 19.3. The lowest BCUT2D eigenvalue weighted by Crippen LogP contribution is -2.49. The predicted octanol–water partition coefficient (Wildman–Crippen LogP) is 3.62. The Bertz CT molecular complexity index is 1310. The molecule has 0 saturated carbocycles. The summed E-state index contributed by atoms with van der Waals surface area (Å²) >= 11 is 1.29. The minimum Gasteiger partial charge on any atom is -0.347 e. The van der Waals surface area contributed by atoms with Crippen LogP contribution in [0.25, 0.3) is 5.69 Å². The molecular weight excluding hydrogens is 481 g/mol. The normalized spacial score (nSPS) is 20.9. The van der Waals surface area contributed by atoms with E-state index >= 15 is 0 Å². The van der Waals surface area contributed by atoms with E-state index in [2.05, 4.69) is 9.97 Å². The number of fused-ring (bicyclic) bond motifs is 1. The van der Waals surface area contributed by atoms with Gasteiger partial charge in [-0.2, -0.15) is 13.2 Å². The summed E-state index contributed by atoms with van der Waals surface area (Å²) in [6, 6.07) is 3.00. The highest BCUT2D eigenvalue weighted by Crippen LogP contribution is 2.35. The van der Waals surface area contributed by atoms with Crippen molar-refractivity contribution in [2.75, 3.05) is 18.0 Å². The van der Waals surface area contributed by atoms with Crippen molar-refractivity contribution < 1.29 is 18.0 Å². The van der Waals surface area contributed by atoms with Gasteiger partial charge in [-0.25, -0.2) is 9.97 Å². The summed E-state index contributed by atoms with van der Waals surface area (Å²) in [6.45, 7) is 4.70. The molecule has 0 radical (unpaired) electrons. The number of rotatable bonds is 4. The number of pyridine rings is 1. The maximum absolute atomic E-state index is 13.3. The van der Waals surface area contributed by atoms with Crippen molar-refractivity contribution in [3.05, 3.63) is 57.5 Å². The highest BCUT2D eigenvalue weighted by atomic mass is 32.1. The van der Waals surface area contributed by atoms with E-state index in [-0.39, 0.29) is 37.0 Å². The maximum Gasteiger partial charge on any atom is 0.393 e. The third kappa shape index (κ3) is 4.46. The third-order valence-corrected chi connectivity index (χ3v) is 7.58. The Labute approximate surface area is 203 Å². The first-order valence-electron chi connectivity index (χ1n) is 11.4. The van der Waals surface area contributed by atoms with Crippen molar-refractivity contribution in [2.45, 2.75) is 52.0 Å². The average molecular weight is 507 g/mol. The van der Waals surface area contributed by atoms with Gasteiger partial charge in [0.05, 0.1) is 30.2 Å². The van der Waals surface area contributed by atoms with Crippen LogP contribution < -0.4 is 10.5 Å². The van der Waals surface area contributed by atoms with Crippen molar-refractivity contribution in [3.8, 4) is 5.69 Å². The molecule has 12 heteroatoms. The van der Waals surface area contributed by atoms with E-state index in [0.717, 1.165) is 5.69 Å². The van der Waals surface area contributed by atoms with Crippen molar-refractivity contribution in [2.24, 2.45) is 5.92 Å². The molecule has 2 atom stereocenters. The Kier molecular flexibility index (Phi) is 5.94. The van der Waals surface area contributed by atoms with Crippen LogP contribution >= 0.6 is 11.3 Å². The molecule has 3 aromatic rings. The SMILES string of the molecule is Cc1cn(-c2ccc3n(c2=O)CC(C)N(Cc2csc(N4CCCC(C(F)(F)F)C4)n2)C3=O)cn1. The number of halogens is 3. The number of piperidine rings is 1. The number of hydrogen-bond acceptors (Lipinski definition) is 6. The molecule has 1 fully saturated rings. The standard InChI is InChI=1S/C23H25F3N6O2S/c1-14-8-30(13-27-14)18-5-6-19-21(34)31(15(2)9-32(19)20(18)33)11-17-12-35-22(28-17)29-7-3-4-16(10-29)23(24,25)26/h5-6,8,12-13,15-16H,3-4,7,9-11H2,1-2H3. The Morgan fingerprint density at radius 1 is 1.20 bits per heavy atom. The molecular formula is C23H25F3N6O2S. The largest absolute Gasteiger partial charge is 0.393 e. The molecule has 2 aliphatic heterocycles. The zero-order chi connectivity index (χ0) is 24.9. The van der Waals surface area contributed by atoms with E-state index in [1.807, 2.05) is 13.8 Å². The third-order valence-electron chi connectivity index (χ3n) is 6.63. The van der Waals surface area contributed by atoms with Gasteiger partial charge in [0.2, 0.25) is 0 Å². The molecule has 1 amide bonds. The summed E-state index contributed by atoms with van der Waals surface area (Å²) in [5.74, 6) is -1.63. The fourth-order valence-electron chi connectivity index (χ4n) is 4.73. The average Bonchev–Trinajstić information content (AvgIpc) is 3.46. The number of imidazole rings is 1. The van der Waals surface area contributed by atoms with Gasteiger partial charge in [-0.3, -0.25) is 9.59 Å². The Balaban J connectivity index is 1.34. The molecule has 3 aromatic heterocycles. The smallest absolute Gasteiger partial charge is 0.347 e. The summed E-state index contributed by atoms with van der Waals surface area (Å²) in [7, 11) is 0. The number of thiazole rings is 1. The highest BCUT2D eigenvalue weighted by molar-refractivity contribution is 7.13. The number of carbonyl (C=O) groups excluding carboxylic acids is 1. The minimum absolute atomic E-state index is 0.0927. The molecule has 35 heavy (non-hydrogen) atoms. The molecule has 0 bridgehead atoms. The van der Waals surface area contributed by atoms with E-state index in [0.29, 0.717) is 41.7 Å². The molecule has 5 heterocycles. The molecule has 186 valence electrons. The molecule has 1 saturated heterocycles.